The van der Waals surface area contributed by atoms with Gasteiger partial charge in [0, 0.05) is 18.9 Å². The van der Waals surface area contributed by atoms with E-state index in [-0.39, 0.29) is 18.9 Å². The Morgan fingerprint density at radius 3 is 1.50 bits per heavy atom. The Labute approximate surface area is 99.7 Å². The Morgan fingerprint density at radius 1 is 0.857 bits per heavy atom. The van der Waals surface area contributed by atoms with Crippen LogP contribution in [0.2, 0.25) is 0 Å². The zero-order chi connectivity index (χ0) is 9.36. The Morgan fingerprint density at radius 2 is 1.29 bits per heavy atom. The van der Waals surface area contributed by atoms with Gasteiger partial charge in [-0.15, -0.1) is 9.24 Å². The van der Waals surface area contributed by atoms with Crippen molar-refractivity contribution in [2.75, 3.05) is 26.4 Å². The average Bonchev–Trinajstić information content (AvgIpc) is 2.22. The quantitative estimate of drug-likeness (QED) is 0.461. The third-order valence-electron chi connectivity index (χ3n) is 1.54. The summed E-state index contributed by atoms with van der Waals surface area (Å²) in [4.78, 5) is 0. The normalized spacial score (nSPS) is 14.6. The summed E-state index contributed by atoms with van der Waals surface area (Å²) in [5, 5.41) is 1.24. The first-order valence-corrected chi connectivity index (χ1v) is 4.93. The molecule has 2 nitrogen and oxygen atoms in total. The van der Waals surface area contributed by atoms with Crippen LogP contribution in [-0.2, 0) is 9.47 Å². The molecule has 1 heterocycles. The largest absolute Gasteiger partial charge is 0.377 e. The zero-order valence-electron chi connectivity index (χ0n) is 8.61. The second-order valence-electron chi connectivity index (χ2n) is 2.64. The maximum Gasteiger partial charge on any atom is 0.0701 e. The fourth-order valence-corrected chi connectivity index (χ4v) is 1.12. The van der Waals surface area contributed by atoms with Crippen LogP contribution in [0.1, 0.15) is 0 Å². The van der Waals surface area contributed by atoms with Crippen molar-refractivity contribution in [3.63, 3.8) is 0 Å². The van der Waals surface area contributed by atoms with Crippen LogP contribution in [0.3, 0.4) is 0 Å². The van der Waals surface area contributed by atoms with Gasteiger partial charge in [0.15, 0.2) is 0 Å². The molecule has 73 valence electrons. The standard InChI is InChI=1S/C6H7P.C4H8O2.Li/c7-6-4-2-1-3-5-6;1-2-6-4-3-5-1;/h1-5H,7H2;1-4H2;. The van der Waals surface area contributed by atoms with Crippen molar-refractivity contribution < 1.29 is 9.47 Å². The number of benzene rings is 1. The summed E-state index contributed by atoms with van der Waals surface area (Å²) in [6, 6.07) is 10.1. The molecule has 1 saturated heterocycles. The summed E-state index contributed by atoms with van der Waals surface area (Å²) in [5.41, 5.74) is 0. The van der Waals surface area contributed by atoms with Crippen LogP contribution in [-0.4, -0.2) is 45.3 Å². The van der Waals surface area contributed by atoms with Crippen LogP contribution in [0.25, 0.3) is 0 Å². The molecule has 2 rings (SSSR count). The number of hydrogen-bond donors (Lipinski definition) is 0. The topological polar surface area (TPSA) is 18.5 Å². The van der Waals surface area contributed by atoms with Gasteiger partial charge in [0.05, 0.1) is 26.4 Å². The third kappa shape index (κ3) is 7.56. The molecule has 0 N–H and O–H groups in total. The molecule has 1 aliphatic rings. The van der Waals surface area contributed by atoms with E-state index in [1.54, 1.807) is 0 Å². The average molecular weight is 205 g/mol. The molecule has 0 spiro atoms. The minimum absolute atomic E-state index is 0. The maximum atomic E-state index is 4.94. The molecule has 1 aliphatic heterocycles. The second-order valence-corrected chi connectivity index (χ2v) is 3.30. The van der Waals surface area contributed by atoms with E-state index in [1.165, 1.54) is 5.30 Å². The summed E-state index contributed by atoms with van der Waals surface area (Å²) in [6.07, 6.45) is 0. The molecule has 1 aromatic rings. The summed E-state index contributed by atoms with van der Waals surface area (Å²) in [6.45, 7) is 3.11. The molecule has 1 fully saturated rings. The van der Waals surface area contributed by atoms with Crippen molar-refractivity contribution in [1.82, 2.24) is 0 Å². The van der Waals surface area contributed by atoms with Crippen molar-refractivity contribution >= 4 is 33.4 Å². The van der Waals surface area contributed by atoms with Gasteiger partial charge in [0.1, 0.15) is 0 Å². The molecule has 0 aromatic heterocycles. The summed E-state index contributed by atoms with van der Waals surface area (Å²) in [7, 11) is 2.63. The minimum atomic E-state index is 0. The van der Waals surface area contributed by atoms with E-state index >= 15 is 0 Å². The van der Waals surface area contributed by atoms with Crippen molar-refractivity contribution in [3.05, 3.63) is 30.3 Å². The Hall–Kier alpha value is 0.167. The van der Waals surface area contributed by atoms with Crippen LogP contribution in [0, 0.1) is 0 Å². The van der Waals surface area contributed by atoms with Crippen LogP contribution in [0.15, 0.2) is 30.3 Å². The van der Waals surface area contributed by atoms with E-state index in [2.05, 4.69) is 9.24 Å². The number of ether oxygens (including phenoxy) is 2. The van der Waals surface area contributed by atoms with Crippen molar-refractivity contribution in [2.24, 2.45) is 0 Å². The zero-order valence-corrected chi connectivity index (χ0v) is 9.76. The molecule has 4 heteroatoms. The molecule has 0 bridgehead atoms. The van der Waals surface area contributed by atoms with Gasteiger partial charge < -0.3 is 9.47 Å². The van der Waals surface area contributed by atoms with Gasteiger partial charge in [-0.25, -0.2) is 0 Å². The maximum absolute atomic E-state index is 4.94. The smallest absolute Gasteiger partial charge is 0.0701 e. The van der Waals surface area contributed by atoms with Crippen LogP contribution in [0.5, 0.6) is 0 Å². The fourth-order valence-electron chi connectivity index (χ4n) is 0.893. The molecule has 1 aromatic carbocycles. The fraction of sp³-hybridized carbons (Fsp3) is 0.400. The van der Waals surface area contributed by atoms with Crippen LogP contribution < -0.4 is 5.30 Å². The molecular weight excluding hydrogens is 190 g/mol. The predicted molar refractivity (Wildman–Crippen MR) is 63.2 cm³/mol. The van der Waals surface area contributed by atoms with Crippen molar-refractivity contribution in [3.8, 4) is 0 Å². The van der Waals surface area contributed by atoms with Crippen LogP contribution in [0.4, 0.5) is 0 Å². The second kappa shape index (κ2) is 9.71. The molecule has 1 atom stereocenters. The van der Waals surface area contributed by atoms with E-state index in [1.807, 2.05) is 30.3 Å². The molecule has 1 unspecified atom stereocenters. The predicted octanol–water partition coefficient (Wildman–Crippen LogP) is 0.839. The van der Waals surface area contributed by atoms with E-state index in [0.717, 1.165) is 26.4 Å². The number of hydrogen-bond acceptors (Lipinski definition) is 2. The Balaban J connectivity index is 0.000000227. The Kier molecular flexibility index (Phi) is 9.83. The van der Waals surface area contributed by atoms with Gasteiger partial charge in [-0.05, 0) is 5.30 Å². The van der Waals surface area contributed by atoms with Crippen LogP contribution >= 0.6 is 9.24 Å². The monoisotopic (exact) mass is 205 g/mol. The molecule has 14 heavy (non-hydrogen) atoms. The molecule has 0 aliphatic carbocycles. The van der Waals surface area contributed by atoms with E-state index in [0.29, 0.717) is 0 Å². The van der Waals surface area contributed by atoms with Gasteiger partial charge in [0.2, 0.25) is 0 Å². The molecule has 0 saturated carbocycles. The summed E-state index contributed by atoms with van der Waals surface area (Å²) < 4.78 is 9.89. The molecule has 0 amide bonds. The van der Waals surface area contributed by atoms with E-state index < -0.39 is 0 Å². The van der Waals surface area contributed by atoms with Gasteiger partial charge in [0.25, 0.3) is 0 Å². The number of rotatable bonds is 0. The van der Waals surface area contributed by atoms with Gasteiger partial charge in [-0.3, -0.25) is 0 Å². The van der Waals surface area contributed by atoms with Gasteiger partial charge in [-0.2, -0.15) is 0 Å². The van der Waals surface area contributed by atoms with Crippen molar-refractivity contribution in [1.29, 1.82) is 0 Å². The first kappa shape index (κ1) is 14.2. The molecular formula is C10H15LiO2P. The SMILES string of the molecule is C1COCCO1.Pc1ccccc1.[Li]. The summed E-state index contributed by atoms with van der Waals surface area (Å²) in [5.74, 6) is 0. The van der Waals surface area contributed by atoms with E-state index in [4.69, 9.17) is 9.47 Å². The first-order valence-electron chi connectivity index (χ1n) is 4.35. The van der Waals surface area contributed by atoms with Gasteiger partial charge in [-0.1, -0.05) is 30.3 Å². The van der Waals surface area contributed by atoms with Gasteiger partial charge >= 0.3 is 0 Å². The molecule has 1 radical (unpaired) electrons. The Bertz CT molecular complexity index is 203. The third-order valence-corrected chi connectivity index (χ3v) is 1.93. The van der Waals surface area contributed by atoms with E-state index in [9.17, 15) is 0 Å². The minimum Gasteiger partial charge on any atom is -0.377 e. The first-order chi connectivity index (χ1) is 6.39. The van der Waals surface area contributed by atoms with Crippen molar-refractivity contribution in [2.45, 2.75) is 0 Å². The summed E-state index contributed by atoms with van der Waals surface area (Å²) >= 11 is 0.